The second-order valence-corrected chi connectivity index (χ2v) is 3.61. The first kappa shape index (κ1) is 12.5. The van der Waals surface area contributed by atoms with Crippen molar-refractivity contribution in [2.45, 2.75) is 26.6 Å². The summed E-state index contributed by atoms with van der Waals surface area (Å²) >= 11 is 0. The molecule has 0 aliphatic carbocycles. The van der Waals surface area contributed by atoms with E-state index in [1.165, 1.54) is 6.92 Å². The minimum Gasteiger partial charge on any atom is -0.496 e. The summed E-state index contributed by atoms with van der Waals surface area (Å²) in [4.78, 5) is 10.6. The minimum atomic E-state index is -0.966. The van der Waals surface area contributed by atoms with Crippen molar-refractivity contribution in [2.75, 3.05) is 7.11 Å². The molecule has 4 heteroatoms. The monoisotopic (exact) mass is 224 g/mol. The second kappa shape index (κ2) is 5.51. The molecule has 0 aliphatic heterocycles. The number of hydrogen-bond donors (Lipinski definition) is 1. The molecule has 88 valence electrons. The predicted molar refractivity (Wildman–Crippen MR) is 59.6 cm³/mol. The Hall–Kier alpha value is -1.55. The van der Waals surface area contributed by atoms with Gasteiger partial charge in [0.1, 0.15) is 5.75 Å². The summed E-state index contributed by atoms with van der Waals surface area (Å²) in [5, 5.41) is 8.68. The highest BCUT2D eigenvalue weighted by Crippen LogP contribution is 2.20. The Labute approximate surface area is 94.8 Å². The number of carbonyl (C=O) groups is 1. The van der Waals surface area contributed by atoms with Crippen LogP contribution < -0.4 is 4.74 Å². The van der Waals surface area contributed by atoms with Crippen molar-refractivity contribution in [1.29, 1.82) is 0 Å². The van der Waals surface area contributed by atoms with E-state index in [2.05, 4.69) is 0 Å². The zero-order valence-corrected chi connectivity index (χ0v) is 9.69. The van der Waals surface area contributed by atoms with Crippen LogP contribution in [-0.4, -0.2) is 24.3 Å². The van der Waals surface area contributed by atoms with E-state index in [1.54, 1.807) is 7.11 Å². The van der Waals surface area contributed by atoms with Crippen LogP contribution in [0.15, 0.2) is 18.2 Å². The number of benzene rings is 1. The van der Waals surface area contributed by atoms with E-state index < -0.39 is 12.1 Å². The molecule has 16 heavy (non-hydrogen) atoms. The van der Waals surface area contributed by atoms with Crippen LogP contribution in [0.3, 0.4) is 0 Å². The van der Waals surface area contributed by atoms with Crippen LogP contribution in [0.2, 0.25) is 0 Å². The first-order chi connectivity index (χ1) is 7.54. The summed E-state index contributed by atoms with van der Waals surface area (Å²) in [5.41, 5.74) is 1.94. The lowest BCUT2D eigenvalue weighted by atomic mass is 10.1. The van der Waals surface area contributed by atoms with Crippen molar-refractivity contribution in [3.63, 3.8) is 0 Å². The quantitative estimate of drug-likeness (QED) is 0.831. The molecule has 0 saturated heterocycles. The Kier molecular flexibility index (Phi) is 4.31. The predicted octanol–water partition coefficient (Wildman–Crippen LogP) is 1.99. The highest BCUT2D eigenvalue weighted by atomic mass is 16.5. The molecule has 1 rings (SSSR count). The lowest BCUT2D eigenvalue weighted by Crippen LogP contribution is -2.19. The van der Waals surface area contributed by atoms with Crippen LogP contribution in [0.25, 0.3) is 0 Å². The molecular weight excluding hydrogens is 208 g/mol. The van der Waals surface area contributed by atoms with E-state index >= 15 is 0 Å². The maximum atomic E-state index is 10.6. The first-order valence-corrected chi connectivity index (χ1v) is 5.02. The Morgan fingerprint density at radius 1 is 1.50 bits per heavy atom. The number of ether oxygens (including phenoxy) is 2. The number of aliphatic carboxylic acids is 1. The van der Waals surface area contributed by atoms with Gasteiger partial charge < -0.3 is 14.6 Å². The van der Waals surface area contributed by atoms with Crippen LogP contribution in [0, 0.1) is 6.92 Å². The molecule has 0 saturated carbocycles. The van der Waals surface area contributed by atoms with Gasteiger partial charge in [0.05, 0.1) is 13.7 Å². The van der Waals surface area contributed by atoms with Gasteiger partial charge in [-0.05, 0) is 19.9 Å². The fourth-order valence-corrected chi connectivity index (χ4v) is 1.31. The number of rotatable bonds is 5. The number of hydrogen-bond acceptors (Lipinski definition) is 3. The average molecular weight is 224 g/mol. The third-order valence-corrected chi connectivity index (χ3v) is 2.27. The molecule has 1 aromatic carbocycles. The average Bonchev–Trinajstić information content (AvgIpc) is 2.25. The highest BCUT2D eigenvalue weighted by Gasteiger charge is 2.12. The van der Waals surface area contributed by atoms with Crippen LogP contribution in [0.5, 0.6) is 5.75 Å². The zero-order valence-electron chi connectivity index (χ0n) is 9.69. The topological polar surface area (TPSA) is 55.8 Å². The maximum absolute atomic E-state index is 10.6. The van der Waals surface area contributed by atoms with Gasteiger partial charge in [0.25, 0.3) is 0 Å². The lowest BCUT2D eigenvalue weighted by Gasteiger charge is -2.12. The summed E-state index contributed by atoms with van der Waals surface area (Å²) < 4.78 is 10.4. The van der Waals surface area contributed by atoms with Crippen molar-refractivity contribution in [2.24, 2.45) is 0 Å². The third kappa shape index (κ3) is 3.24. The van der Waals surface area contributed by atoms with E-state index in [4.69, 9.17) is 14.6 Å². The standard InChI is InChI=1S/C12H16O4/c1-8-4-5-11(15-3)10(6-8)7-16-9(2)12(13)14/h4-6,9H,7H2,1-3H3,(H,13,14). The molecule has 1 aromatic rings. The normalized spacial score (nSPS) is 12.2. The molecule has 1 atom stereocenters. The van der Waals surface area contributed by atoms with E-state index in [1.807, 2.05) is 25.1 Å². The van der Waals surface area contributed by atoms with E-state index in [-0.39, 0.29) is 6.61 Å². The van der Waals surface area contributed by atoms with Gasteiger partial charge in [0.2, 0.25) is 0 Å². The van der Waals surface area contributed by atoms with Gasteiger partial charge in [0, 0.05) is 5.56 Å². The van der Waals surface area contributed by atoms with Crippen LogP contribution >= 0.6 is 0 Å². The summed E-state index contributed by atoms with van der Waals surface area (Å²) in [6.45, 7) is 3.70. The Morgan fingerprint density at radius 2 is 2.19 bits per heavy atom. The zero-order chi connectivity index (χ0) is 12.1. The van der Waals surface area contributed by atoms with Gasteiger partial charge in [0.15, 0.2) is 6.10 Å². The molecule has 1 N–H and O–H groups in total. The van der Waals surface area contributed by atoms with Gasteiger partial charge in [-0.15, -0.1) is 0 Å². The van der Waals surface area contributed by atoms with Crippen molar-refractivity contribution in [3.05, 3.63) is 29.3 Å². The summed E-state index contributed by atoms with van der Waals surface area (Å²) in [6.07, 6.45) is -0.815. The summed E-state index contributed by atoms with van der Waals surface area (Å²) in [7, 11) is 1.58. The summed E-state index contributed by atoms with van der Waals surface area (Å²) in [5.74, 6) is -0.255. The van der Waals surface area contributed by atoms with Gasteiger partial charge in [-0.2, -0.15) is 0 Å². The molecule has 0 radical (unpaired) electrons. The van der Waals surface area contributed by atoms with E-state index in [9.17, 15) is 4.79 Å². The van der Waals surface area contributed by atoms with Gasteiger partial charge >= 0.3 is 5.97 Å². The highest BCUT2D eigenvalue weighted by molar-refractivity contribution is 5.71. The summed E-state index contributed by atoms with van der Waals surface area (Å²) in [6, 6.07) is 5.70. The molecule has 4 nitrogen and oxygen atoms in total. The van der Waals surface area contributed by atoms with Crippen molar-refractivity contribution in [1.82, 2.24) is 0 Å². The van der Waals surface area contributed by atoms with Gasteiger partial charge in [-0.25, -0.2) is 4.79 Å². The van der Waals surface area contributed by atoms with Crippen LogP contribution in [-0.2, 0) is 16.1 Å². The Balaban J connectivity index is 2.72. The SMILES string of the molecule is COc1ccc(C)cc1COC(C)C(=O)O. The van der Waals surface area contributed by atoms with E-state index in [0.29, 0.717) is 5.75 Å². The molecule has 0 spiro atoms. The van der Waals surface area contributed by atoms with Crippen LogP contribution in [0.1, 0.15) is 18.1 Å². The fourth-order valence-electron chi connectivity index (χ4n) is 1.31. The first-order valence-electron chi connectivity index (χ1n) is 5.02. The van der Waals surface area contributed by atoms with Gasteiger partial charge in [-0.1, -0.05) is 17.7 Å². The van der Waals surface area contributed by atoms with Crippen molar-refractivity contribution < 1.29 is 19.4 Å². The molecule has 0 aliphatic rings. The Bertz CT molecular complexity index is 373. The molecule has 0 heterocycles. The number of carboxylic acids is 1. The minimum absolute atomic E-state index is 0.234. The maximum Gasteiger partial charge on any atom is 0.332 e. The molecule has 0 amide bonds. The molecule has 0 bridgehead atoms. The van der Waals surface area contributed by atoms with Crippen molar-refractivity contribution in [3.8, 4) is 5.75 Å². The largest absolute Gasteiger partial charge is 0.496 e. The van der Waals surface area contributed by atoms with E-state index in [0.717, 1.165) is 11.1 Å². The third-order valence-electron chi connectivity index (χ3n) is 2.27. The molecule has 0 aromatic heterocycles. The fraction of sp³-hybridized carbons (Fsp3) is 0.417. The lowest BCUT2D eigenvalue weighted by molar-refractivity contribution is -0.149. The molecule has 1 unspecified atom stereocenters. The molecular formula is C12H16O4. The Morgan fingerprint density at radius 3 is 2.75 bits per heavy atom. The van der Waals surface area contributed by atoms with Crippen LogP contribution in [0.4, 0.5) is 0 Å². The number of methoxy groups -OCH3 is 1. The smallest absolute Gasteiger partial charge is 0.332 e. The number of carboxylic acid groups (broad SMARTS) is 1. The number of aryl methyl sites for hydroxylation is 1. The molecule has 0 fully saturated rings. The van der Waals surface area contributed by atoms with Gasteiger partial charge in [-0.3, -0.25) is 0 Å². The van der Waals surface area contributed by atoms with Crippen molar-refractivity contribution >= 4 is 5.97 Å². The second-order valence-electron chi connectivity index (χ2n) is 3.61.